The fourth-order valence-corrected chi connectivity index (χ4v) is 4.07. The summed E-state index contributed by atoms with van der Waals surface area (Å²) in [5.74, 6) is -0.155. The number of aromatic amines is 1. The molecule has 3 aromatic rings. The molecule has 0 atom stereocenters. The van der Waals surface area contributed by atoms with Crippen molar-refractivity contribution in [2.24, 2.45) is 0 Å². The van der Waals surface area contributed by atoms with E-state index in [4.69, 9.17) is 0 Å². The molecule has 132 valence electrons. The van der Waals surface area contributed by atoms with Crippen LogP contribution in [-0.2, 0) is 17.6 Å². The third-order valence-electron chi connectivity index (χ3n) is 4.40. The molecule has 0 unspecified atom stereocenters. The van der Waals surface area contributed by atoms with Crippen LogP contribution in [0.25, 0.3) is 10.9 Å². The molecule has 0 saturated carbocycles. The first kappa shape index (κ1) is 17.7. The van der Waals surface area contributed by atoms with Gasteiger partial charge in [0.2, 0.25) is 5.91 Å². The third-order valence-corrected chi connectivity index (χ3v) is 5.46. The van der Waals surface area contributed by atoms with E-state index in [-0.39, 0.29) is 11.7 Å². The molecule has 3 rings (SSSR count). The van der Waals surface area contributed by atoms with Gasteiger partial charge in [-0.25, -0.2) is 4.39 Å². The number of hydrogen-bond acceptors (Lipinski definition) is 2. The average Bonchev–Trinajstić information content (AvgIpc) is 3.11. The number of thiophene rings is 1. The maximum Gasteiger partial charge on any atom is 0.220 e. The Hall–Kier alpha value is -2.14. The molecule has 0 fully saturated rings. The number of aryl methyl sites for hydroxylation is 3. The van der Waals surface area contributed by atoms with Crippen LogP contribution in [0.4, 0.5) is 4.39 Å². The molecule has 3 nitrogen and oxygen atoms in total. The fourth-order valence-electron chi connectivity index (χ4n) is 3.13. The summed E-state index contributed by atoms with van der Waals surface area (Å²) in [5, 5.41) is 3.88. The van der Waals surface area contributed by atoms with E-state index in [1.165, 1.54) is 15.8 Å². The zero-order valence-corrected chi connectivity index (χ0v) is 15.4. The number of benzene rings is 1. The number of fused-ring (bicyclic) bond motifs is 1. The maximum absolute atomic E-state index is 13.5. The number of hydrogen-bond donors (Lipinski definition) is 2. The van der Waals surface area contributed by atoms with Crippen LogP contribution < -0.4 is 5.32 Å². The Kier molecular flexibility index (Phi) is 5.53. The van der Waals surface area contributed by atoms with E-state index < -0.39 is 0 Å². The second-order valence-corrected chi connectivity index (χ2v) is 7.76. The highest BCUT2D eigenvalue weighted by atomic mass is 32.1. The Morgan fingerprint density at radius 2 is 2.04 bits per heavy atom. The van der Waals surface area contributed by atoms with Gasteiger partial charge in [0.15, 0.2) is 0 Å². The minimum absolute atomic E-state index is 0.0805. The highest BCUT2D eigenvalue weighted by Gasteiger charge is 2.10. The standard InChI is InChI=1S/C20H23FN2OS/c1-13-6-8-16(25-13)4-3-5-20(24)22-11-10-17-14(2)23-19-9-7-15(21)12-18(17)19/h6-9,12,23H,3-5,10-11H2,1-2H3,(H,22,24). The molecule has 0 aliphatic heterocycles. The summed E-state index contributed by atoms with van der Waals surface area (Å²) in [6.45, 7) is 4.65. The van der Waals surface area contributed by atoms with Crippen LogP contribution >= 0.6 is 11.3 Å². The minimum atomic E-state index is -0.236. The number of amides is 1. The summed E-state index contributed by atoms with van der Waals surface area (Å²) >= 11 is 1.79. The summed E-state index contributed by atoms with van der Waals surface area (Å²) in [4.78, 5) is 17.9. The van der Waals surface area contributed by atoms with Crippen molar-refractivity contribution < 1.29 is 9.18 Å². The topological polar surface area (TPSA) is 44.9 Å². The predicted molar refractivity (Wildman–Crippen MR) is 102 cm³/mol. The van der Waals surface area contributed by atoms with E-state index in [9.17, 15) is 9.18 Å². The summed E-state index contributed by atoms with van der Waals surface area (Å²) in [7, 11) is 0. The molecule has 0 bridgehead atoms. The average molecular weight is 358 g/mol. The molecule has 0 aliphatic rings. The molecule has 1 aromatic carbocycles. The van der Waals surface area contributed by atoms with Gasteiger partial charge >= 0.3 is 0 Å². The quantitative estimate of drug-likeness (QED) is 0.633. The number of H-pyrrole nitrogens is 1. The van der Waals surface area contributed by atoms with Gasteiger partial charge in [-0.15, -0.1) is 11.3 Å². The Morgan fingerprint density at radius 3 is 2.80 bits per heavy atom. The summed E-state index contributed by atoms with van der Waals surface area (Å²) in [5.41, 5.74) is 3.04. The summed E-state index contributed by atoms with van der Waals surface area (Å²) in [6.07, 6.45) is 3.06. The monoisotopic (exact) mass is 358 g/mol. The number of carbonyl (C=O) groups is 1. The van der Waals surface area contributed by atoms with E-state index in [0.717, 1.165) is 35.0 Å². The zero-order valence-electron chi connectivity index (χ0n) is 14.6. The third kappa shape index (κ3) is 4.48. The zero-order chi connectivity index (χ0) is 17.8. The van der Waals surface area contributed by atoms with Crippen LogP contribution in [-0.4, -0.2) is 17.4 Å². The second-order valence-electron chi connectivity index (χ2n) is 6.38. The molecule has 0 spiro atoms. The van der Waals surface area contributed by atoms with Gasteiger partial charge in [-0.1, -0.05) is 0 Å². The SMILES string of the molecule is Cc1ccc(CCCC(=O)NCCc2c(C)[nH]c3ccc(F)cc23)s1. The first-order chi connectivity index (χ1) is 12.0. The largest absolute Gasteiger partial charge is 0.358 e. The van der Waals surface area contributed by atoms with Crippen LogP contribution in [0.2, 0.25) is 0 Å². The lowest BCUT2D eigenvalue weighted by atomic mass is 10.1. The smallest absolute Gasteiger partial charge is 0.220 e. The molecule has 0 aliphatic carbocycles. The van der Waals surface area contributed by atoms with Crippen LogP contribution in [0.3, 0.4) is 0 Å². The van der Waals surface area contributed by atoms with E-state index in [1.807, 2.05) is 6.92 Å². The number of halogens is 1. The van der Waals surface area contributed by atoms with E-state index in [2.05, 4.69) is 29.4 Å². The number of rotatable bonds is 7. The first-order valence-electron chi connectivity index (χ1n) is 8.61. The molecule has 25 heavy (non-hydrogen) atoms. The van der Waals surface area contributed by atoms with Crippen LogP contribution in [0.5, 0.6) is 0 Å². The Balaban J connectivity index is 1.47. The van der Waals surface area contributed by atoms with Gasteiger partial charge in [-0.3, -0.25) is 4.79 Å². The lowest BCUT2D eigenvalue weighted by Crippen LogP contribution is -2.25. The Labute approximate surface area is 151 Å². The molecule has 1 amide bonds. The van der Waals surface area contributed by atoms with Crippen molar-refractivity contribution in [2.45, 2.75) is 39.5 Å². The lowest BCUT2D eigenvalue weighted by molar-refractivity contribution is -0.121. The van der Waals surface area contributed by atoms with Crippen LogP contribution in [0, 0.1) is 19.7 Å². The maximum atomic E-state index is 13.5. The van der Waals surface area contributed by atoms with Gasteiger partial charge in [0.05, 0.1) is 0 Å². The Morgan fingerprint density at radius 1 is 1.20 bits per heavy atom. The van der Waals surface area contributed by atoms with Gasteiger partial charge in [-0.05, 0) is 69.0 Å². The van der Waals surface area contributed by atoms with Crippen LogP contribution in [0.15, 0.2) is 30.3 Å². The molecular formula is C20H23FN2OS. The van der Waals surface area contributed by atoms with E-state index in [1.54, 1.807) is 23.5 Å². The van der Waals surface area contributed by atoms with E-state index in [0.29, 0.717) is 19.4 Å². The fraction of sp³-hybridized carbons (Fsp3) is 0.350. The molecule has 0 radical (unpaired) electrons. The molecule has 2 heterocycles. The number of aromatic nitrogens is 1. The number of carbonyl (C=O) groups excluding carboxylic acids is 1. The molecule has 2 aromatic heterocycles. The Bertz CT molecular complexity index is 881. The van der Waals surface area contributed by atoms with Gasteiger partial charge in [0.1, 0.15) is 5.82 Å². The normalized spacial score (nSPS) is 11.2. The van der Waals surface area contributed by atoms with E-state index >= 15 is 0 Å². The predicted octanol–water partition coefficient (Wildman–Crippen LogP) is 4.67. The van der Waals surface area contributed by atoms with Crippen molar-refractivity contribution in [3.63, 3.8) is 0 Å². The van der Waals surface area contributed by atoms with Crippen molar-refractivity contribution in [2.75, 3.05) is 6.54 Å². The van der Waals surface area contributed by atoms with Gasteiger partial charge in [-0.2, -0.15) is 0 Å². The highest BCUT2D eigenvalue weighted by molar-refractivity contribution is 7.11. The van der Waals surface area contributed by atoms with Crippen molar-refractivity contribution in [1.29, 1.82) is 0 Å². The van der Waals surface area contributed by atoms with Crippen molar-refractivity contribution in [3.05, 3.63) is 57.2 Å². The summed E-state index contributed by atoms with van der Waals surface area (Å²) in [6, 6.07) is 9.02. The van der Waals surface area contributed by atoms with Gasteiger partial charge in [0.25, 0.3) is 0 Å². The van der Waals surface area contributed by atoms with Crippen molar-refractivity contribution >= 4 is 28.1 Å². The molecule has 5 heteroatoms. The summed E-state index contributed by atoms with van der Waals surface area (Å²) < 4.78 is 13.5. The van der Waals surface area contributed by atoms with Gasteiger partial charge < -0.3 is 10.3 Å². The minimum Gasteiger partial charge on any atom is -0.358 e. The first-order valence-corrected chi connectivity index (χ1v) is 9.43. The van der Waals surface area contributed by atoms with Gasteiger partial charge in [0, 0.05) is 39.3 Å². The van der Waals surface area contributed by atoms with Crippen molar-refractivity contribution in [3.8, 4) is 0 Å². The molecule has 0 saturated heterocycles. The van der Waals surface area contributed by atoms with Crippen LogP contribution in [0.1, 0.15) is 33.9 Å². The van der Waals surface area contributed by atoms with Crippen molar-refractivity contribution in [1.82, 2.24) is 10.3 Å². The molecule has 2 N–H and O–H groups in total. The second kappa shape index (κ2) is 7.83. The highest BCUT2D eigenvalue weighted by Crippen LogP contribution is 2.23. The number of nitrogens with one attached hydrogen (secondary N) is 2. The molecular weight excluding hydrogens is 335 g/mol. The lowest BCUT2D eigenvalue weighted by Gasteiger charge is -2.06.